The third-order valence-electron chi connectivity index (χ3n) is 6.01. The summed E-state index contributed by atoms with van der Waals surface area (Å²) < 4.78 is 49.2. The molecule has 0 radical (unpaired) electrons. The molecule has 35 heavy (non-hydrogen) atoms. The summed E-state index contributed by atoms with van der Waals surface area (Å²) in [6.45, 7) is 8.38. The largest absolute Gasteiger partial charge is 0.469 e. The number of ether oxygens (including phenoxy) is 2. The van der Waals surface area contributed by atoms with Crippen LogP contribution in [0.25, 0.3) is 0 Å². The molecule has 1 atom stereocenters. The number of anilines is 3. The van der Waals surface area contributed by atoms with E-state index in [1.165, 1.54) is 13.2 Å². The minimum absolute atomic E-state index is 0.114. The first-order valence-electron chi connectivity index (χ1n) is 11.8. The van der Waals surface area contributed by atoms with Crippen molar-refractivity contribution in [2.75, 3.05) is 37.1 Å². The summed E-state index contributed by atoms with van der Waals surface area (Å²) in [5, 5.41) is 10.3. The van der Waals surface area contributed by atoms with Crippen LogP contribution in [0.4, 0.5) is 30.4 Å². The molecule has 1 aromatic heterocycles. The Bertz CT molecular complexity index is 977. The summed E-state index contributed by atoms with van der Waals surface area (Å²) in [5.74, 6) is 0.161. The van der Waals surface area contributed by atoms with E-state index in [1.54, 1.807) is 0 Å². The van der Waals surface area contributed by atoms with E-state index in [-0.39, 0.29) is 30.2 Å². The van der Waals surface area contributed by atoms with E-state index >= 15 is 0 Å². The number of methoxy groups -OCH3 is 1. The van der Waals surface area contributed by atoms with Gasteiger partial charge in [-0.05, 0) is 54.5 Å². The van der Waals surface area contributed by atoms with E-state index < -0.39 is 11.9 Å². The van der Waals surface area contributed by atoms with E-state index in [9.17, 15) is 18.0 Å². The maximum Gasteiger partial charge on any atom is 0.435 e. The fourth-order valence-electron chi connectivity index (χ4n) is 4.18. The lowest BCUT2D eigenvalue weighted by molar-refractivity contribution is -0.142. The van der Waals surface area contributed by atoms with Gasteiger partial charge in [-0.3, -0.25) is 4.79 Å². The number of rotatable bonds is 9. The molecular weight excluding hydrogens is 461 g/mol. The van der Waals surface area contributed by atoms with Crippen molar-refractivity contribution in [3.05, 3.63) is 41.6 Å². The SMILES string of the molecule is COC(=O)C[C@@H](C)c1ccc(N(CC(C)C)C2CCOCC2)c(Nc2ccc(C(F)(F)F)nn2)c1. The molecule has 1 N–H and O–H groups in total. The van der Waals surface area contributed by atoms with E-state index in [0.29, 0.717) is 24.8 Å². The second kappa shape index (κ2) is 11.7. The van der Waals surface area contributed by atoms with Crippen molar-refractivity contribution >= 4 is 23.2 Å². The van der Waals surface area contributed by atoms with Crippen molar-refractivity contribution in [3.63, 3.8) is 0 Å². The predicted molar refractivity (Wildman–Crippen MR) is 128 cm³/mol. The van der Waals surface area contributed by atoms with Crippen LogP contribution in [0.2, 0.25) is 0 Å². The Labute approximate surface area is 204 Å². The Balaban J connectivity index is 2.00. The van der Waals surface area contributed by atoms with Crippen LogP contribution in [0.3, 0.4) is 0 Å². The highest BCUT2D eigenvalue weighted by atomic mass is 19.4. The van der Waals surface area contributed by atoms with E-state index in [1.807, 2.05) is 25.1 Å². The number of nitrogens with zero attached hydrogens (tertiary/aromatic N) is 3. The standard InChI is InChI=1S/C25H33F3N4O3/c1-16(2)15-32(19-9-11-35-12-10-19)21-6-5-18(17(3)13-24(33)34-4)14-20(21)29-23-8-7-22(30-31-23)25(26,27)28/h5-8,14,16-17,19H,9-13,15H2,1-4H3,(H,29,31)/t17-/m1/s1. The van der Waals surface area contributed by atoms with Gasteiger partial charge in [-0.25, -0.2) is 0 Å². The van der Waals surface area contributed by atoms with Crippen molar-refractivity contribution in [1.29, 1.82) is 0 Å². The third kappa shape index (κ3) is 7.30. The zero-order valence-corrected chi connectivity index (χ0v) is 20.6. The summed E-state index contributed by atoms with van der Waals surface area (Å²) in [5.41, 5.74) is 1.46. The maximum atomic E-state index is 12.9. The maximum absolute atomic E-state index is 12.9. The van der Waals surface area contributed by atoms with Gasteiger partial charge in [0.05, 0.1) is 24.9 Å². The predicted octanol–water partition coefficient (Wildman–Crippen LogP) is 5.55. The first kappa shape index (κ1) is 26.7. The molecule has 2 aromatic rings. The van der Waals surface area contributed by atoms with Gasteiger partial charge < -0.3 is 19.7 Å². The zero-order valence-electron chi connectivity index (χ0n) is 20.6. The summed E-state index contributed by atoms with van der Waals surface area (Å²) in [4.78, 5) is 14.2. The van der Waals surface area contributed by atoms with Gasteiger partial charge in [0, 0.05) is 25.8 Å². The molecule has 7 nitrogen and oxygen atoms in total. The van der Waals surface area contributed by atoms with Crippen molar-refractivity contribution in [2.24, 2.45) is 5.92 Å². The molecule has 0 bridgehead atoms. The highest BCUT2D eigenvalue weighted by Crippen LogP contribution is 2.36. The van der Waals surface area contributed by atoms with Crippen LogP contribution in [-0.2, 0) is 20.4 Å². The molecule has 1 aliphatic rings. The average molecular weight is 495 g/mol. The Kier molecular flexibility index (Phi) is 8.93. The molecule has 0 unspecified atom stereocenters. The molecule has 10 heteroatoms. The summed E-state index contributed by atoms with van der Waals surface area (Å²) in [6, 6.07) is 8.35. The van der Waals surface area contributed by atoms with Crippen LogP contribution in [0.15, 0.2) is 30.3 Å². The number of nitrogens with one attached hydrogen (secondary N) is 1. The van der Waals surface area contributed by atoms with Crippen LogP contribution >= 0.6 is 0 Å². The molecule has 1 fully saturated rings. The van der Waals surface area contributed by atoms with Gasteiger partial charge in [0.2, 0.25) is 0 Å². The van der Waals surface area contributed by atoms with Gasteiger partial charge in [-0.15, -0.1) is 10.2 Å². The Morgan fingerprint density at radius 1 is 1.17 bits per heavy atom. The summed E-state index contributed by atoms with van der Waals surface area (Å²) in [7, 11) is 1.35. The number of halogens is 3. The Hall–Kier alpha value is -2.88. The van der Waals surface area contributed by atoms with Crippen LogP contribution in [0.5, 0.6) is 0 Å². The van der Waals surface area contributed by atoms with Crippen molar-refractivity contribution < 1.29 is 27.4 Å². The van der Waals surface area contributed by atoms with Gasteiger partial charge in [0.15, 0.2) is 11.5 Å². The molecule has 192 valence electrons. The van der Waals surface area contributed by atoms with E-state index in [2.05, 4.69) is 34.3 Å². The molecule has 2 heterocycles. The Morgan fingerprint density at radius 2 is 1.89 bits per heavy atom. The third-order valence-corrected chi connectivity index (χ3v) is 6.01. The van der Waals surface area contributed by atoms with Crippen molar-refractivity contribution in [1.82, 2.24) is 10.2 Å². The number of carbonyl (C=O) groups excluding carboxylic acids is 1. The molecule has 0 saturated carbocycles. The minimum Gasteiger partial charge on any atom is -0.469 e. The monoisotopic (exact) mass is 494 g/mol. The van der Waals surface area contributed by atoms with Crippen LogP contribution in [-0.4, -0.2) is 49.1 Å². The number of alkyl halides is 3. The van der Waals surface area contributed by atoms with Crippen LogP contribution in [0.1, 0.15) is 57.2 Å². The van der Waals surface area contributed by atoms with Crippen molar-refractivity contribution in [2.45, 2.75) is 58.2 Å². The molecular formula is C25H33F3N4O3. The van der Waals surface area contributed by atoms with E-state index in [4.69, 9.17) is 9.47 Å². The molecule has 0 aliphatic carbocycles. The molecule has 1 aliphatic heterocycles. The Morgan fingerprint density at radius 3 is 2.46 bits per heavy atom. The number of hydrogen-bond acceptors (Lipinski definition) is 7. The summed E-state index contributed by atoms with van der Waals surface area (Å²) in [6.07, 6.45) is -2.58. The lowest BCUT2D eigenvalue weighted by Gasteiger charge is -2.38. The van der Waals surface area contributed by atoms with Gasteiger partial charge in [0.25, 0.3) is 0 Å². The lowest BCUT2D eigenvalue weighted by Crippen LogP contribution is -2.42. The van der Waals surface area contributed by atoms with Crippen molar-refractivity contribution in [3.8, 4) is 0 Å². The number of hydrogen-bond donors (Lipinski definition) is 1. The smallest absolute Gasteiger partial charge is 0.435 e. The second-order valence-electron chi connectivity index (χ2n) is 9.27. The van der Waals surface area contributed by atoms with Gasteiger partial charge in [-0.1, -0.05) is 26.8 Å². The fourth-order valence-corrected chi connectivity index (χ4v) is 4.18. The molecule has 3 rings (SSSR count). The highest BCUT2D eigenvalue weighted by Gasteiger charge is 2.33. The quantitative estimate of drug-likeness (QED) is 0.458. The molecule has 0 amide bonds. The van der Waals surface area contributed by atoms with Gasteiger partial charge in [-0.2, -0.15) is 13.2 Å². The molecule has 0 spiro atoms. The molecule has 1 saturated heterocycles. The van der Waals surface area contributed by atoms with Crippen LogP contribution in [0, 0.1) is 5.92 Å². The lowest BCUT2D eigenvalue weighted by atomic mass is 9.95. The van der Waals surface area contributed by atoms with Gasteiger partial charge >= 0.3 is 12.1 Å². The zero-order chi connectivity index (χ0) is 25.6. The fraction of sp³-hybridized carbons (Fsp3) is 0.560. The normalized spacial score (nSPS) is 15.7. The van der Waals surface area contributed by atoms with E-state index in [0.717, 1.165) is 36.7 Å². The number of aromatic nitrogens is 2. The summed E-state index contributed by atoms with van der Waals surface area (Å²) >= 11 is 0. The minimum atomic E-state index is -4.56. The number of esters is 1. The number of carbonyl (C=O) groups is 1. The first-order valence-corrected chi connectivity index (χ1v) is 11.8. The molecule has 1 aromatic carbocycles. The average Bonchev–Trinajstić information content (AvgIpc) is 2.82. The highest BCUT2D eigenvalue weighted by molar-refractivity contribution is 5.76. The van der Waals surface area contributed by atoms with Gasteiger partial charge in [0.1, 0.15) is 0 Å². The second-order valence-corrected chi connectivity index (χ2v) is 9.27. The number of benzene rings is 1. The van der Waals surface area contributed by atoms with Crippen LogP contribution < -0.4 is 10.2 Å². The first-order chi connectivity index (χ1) is 16.6. The topological polar surface area (TPSA) is 76.6 Å².